The molecule has 1 aliphatic rings. The summed E-state index contributed by atoms with van der Waals surface area (Å²) < 4.78 is 0. The number of rotatable bonds is 5. The first kappa shape index (κ1) is 9.83. The monoisotopic (exact) mass is 166 g/mol. The van der Waals surface area contributed by atoms with E-state index in [-0.39, 0.29) is 0 Å². The Bertz CT molecular complexity index is 155. The maximum absolute atomic E-state index is 3.77. The van der Waals surface area contributed by atoms with Crippen LogP contribution in [0.2, 0.25) is 0 Å². The second-order valence-corrected chi connectivity index (χ2v) is 5.10. The topological polar surface area (TPSA) is 0 Å². The van der Waals surface area contributed by atoms with Gasteiger partial charge < -0.3 is 0 Å². The van der Waals surface area contributed by atoms with E-state index >= 15 is 0 Å². The zero-order chi connectivity index (χ0) is 9.19. The molecule has 12 heavy (non-hydrogen) atoms. The highest BCUT2D eigenvalue weighted by atomic mass is 14.5. The van der Waals surface area contributed by atoms with Crippen molar-refractivity contribution < 1.29 is 0 Å². The summed E-state index contributed by atoms with van der Waals surface area (Å²) in [5, 5.41) is 0. The van der Waals surface area contributed by atoms with Gasteiger partial charge in [0.15, 0.2) is 0 Å². The van der Waals surface area contributed by atoms with E-state index in [1.54, 1.807) is 0 Å². The minimum Gasteiger partial charge on any atom is -0.103 e. The van der Waals surface area contributed by atoms with Crippen molar-refractivity contribution in [3.63, 3.8) is 0 Å². The molecule has 2 atom stereocenters. The van der Waals surface area contributed by atoms with Crippen molar-refractivity contribution in [2.45, 2.75) is 46.5 Å². The van der Waals surface area contributed by atoms with Crippen LogP contribution in [0.1, 0.15) is 46.5 Å². The molecule has 0 heteroatoms. The molecular formula is C12H22. The minimum absolute atomic E-state index is 0.675. The number of hydrogen-bond donors (Lipinski definition) is 0. The summed E-state index contributed by atoms with van der Waals surface area (Å²) in [6.07, 6.45) is 7.51. The van der Waals surface area contributed by atoms with Crippen LogP contribution in [0.15, 0.2) is 12.7 Å². The fourth-order valence-electron chi connectivity index (χ4n) is 1.96. The van der Waals surface area contributed by atoms with Crippen LogP contribution in [0, 0.1) is 17.3 Å². The Morgan fingerprint density at radius 3 is 2.58 bits per heavy atom. The highest BCUT2D eigenvalue weighted by Gasteiger charge is 2.44. The molecule has 0 aromatic carbocycles. The van der Waals surface area contributed by atoms with Crippen LogP contribution in [0.3, 0.4) is 0 Å². The smallest absolute Gasteiger partial charge is 0.0323 e. The Morgan fingerprint density at radius 2 is 2.17 bits per heavy atom. The molecule has 0 aromatic heterocycles. The zero-order valence-electron chi connectivity index (χ0n) is 8.77. The van der Waals surface area contributed by atoms with Crippen LogP contribution >= 0.6 is 0 Å². The third kappa shape index (κ3) is 2.66. The first-order chi connectivity index (χ1) is 5.56. The molecule has 1 saturated carbocycles. The lowest BCUT2D eigenvalue weighted by atomic mass is 9.97. The lowest BCUT2D eigenvalue weighted by molar-refractivity contribution is 0.451. The molecule has 0 radical (unpaired) electrons. The Kier molecular flexibility index (Phi) is 2.98. The van der Waals surface area contributed by atoms with Gasteiger partial charge in [-0.1, -0.05) is 33.3 Å². The van der Waals surface area contributed by atoms with Crippen molar-refractivity contribution in [1.29, 1.82) is 0 Å². The Hall–Kier alpha value is -0.260. The van der Waals surface area contributed by atoms with E-state index < -0.39 is 0 Å². The number of hydrogen-bond acceptors (Lipinski definition) is 0. The fourth-order valence-corrected chi connectivity index (χ4v) is 1.96. The maximum atomic E-state index is 3.77. The first-order valence-corrected chi connectivity index (χ1v) is 5.17. The van der Waals surface area contributed by atoms with Crippen LogP contribution in [-0.4, -0.2) is 0 Å². The molecule has 1 rings (SSSR count). The molecule has 0 heterocycles. The Morgan fingerprint density at radius 1 is 1.58 bits per heavy atom. The van der Waals surface area contributed by atoms with Crippen LogP contribution in [0.5, 0.6) is 0 Å². The molecule has 1 fully saturated rings. The third-order valence-corrected chi connectivity index (χ3v) is 3.29. The molecule has 0 amide bonds. The molecule has 0 spiro atoms. The van der Waals surface area contributed by atoms with Crippen molar-refractivity contribution >= 4 is 0 Å². The van der Waals surface area contributed by atoms with Crippen LogP contribution in [-0.2, 0) is 0 Å². The minimum atomic E-state index is 0.675. The van der Waals surface area contributed by atoms with Gasteiger partial charge in [-0.15, -0.1) is 6.58 Å². The van der Waals surface area contributed by atoms with E-state index in [0.29, 0.717) is 5.41 Å². The molecule has 0 nitrogen and oxygen atoms in total. The lowest BCUT2D eigenvalue weighted by Gasteiger charge is -2.08. The first-order valence-electron chi connectivity index (χ1n) is 5.17. The number of allylic oxidation sites excluding steroid dienone is 1. The van der Waals surface area contributed by atoms with E-state index in [0.717, 1.165) is 11.8 Å². The van der Waals surface area contributed by atoms with Crippen molar-refractivity contribution in [2.24, 2.45) is 17.3 Å². The van der Waals surface area contributed by atoms with Gasteiger partial charge in [-0.3, -0.25) is 0 Å². The van der Waals surface area contributed by atoms with Gasteiger partial charge in [0, 0.05) is 0 Å². The standard InChI is InChI=1S/C12H22/c1-5-6-10(2)7-8-11-9-12(11,3)4/h5,10-11H,1,6-9H2,2-4H3/t10?,11-/m1/s1. The van der Waals surface area contributed by atoms with E-state index in [4.69, 9.17) is 0 Å². The second-order valence-electron chi connectivity index (χ2n) is 5.10. The summed E-state index contributed by atoms with van der Waals surface area (Å²) in [7, 11) is 0. The van der Waals surface area contributed by atoms with E-state index in [2.05, 4.69) is 27.4 Å². The Labute approximate surface area is 77.1 Å². The van der Waals surface area contributed by atoms with Gasteiger partial charge in [-0.2, -0.15) is 0 Å². The summed E-state index contributed by atoms with van der Waals surface area (Å²) in [4.78, 5) is 0. The summed E-state index contributed by atoms with van der Waals surface area (Å²) in [5.74, 6) is 1.86. The fraction of sp³-hybridized carbons (Fsp3) is 0.833. The van der Waals surface area contributed by atoms with Gasteiger partial charge in [0.2, 0.25) is 0 Å². The highest BCUT2D eigenvalue weighted by Crippen LogP contribution is 2.54. The SMILES string of the molecule is C=CCC(C)CC[C@@H]1CC1(C)C. The zero-order valence-corrected chi connectivity index (χ0v) is 8.77. The summed E-state index contributed by atoms with van der Waals surface area (Å²) in [5.41, 5.74) is 0.675. The molecule has 0 aliphatic heterocycles. The van der Waals surface area contributed by atoms with E-state index in [9.17, 15) is 0 Å². The molecule has 0 saturated heterocycles. The highest BCUT2D eigenvalue weighted by molar-refractivity contribution is 4.94. The van der Waals surface area contributed by atoms with E-state index in [1.807, 2.05) is 6.08 Å². The molecular weight excluding hydrogens is 144 g/mol. The van der Waals surface area contributed by atoms with Crippen LogP contribution < -0.4 is 0 Å². The van der Waals surface area contributed by atoms with Crippen molar-refractivity contribution in [1.82, 2.24) is 0 Å². The van der Waals surface area contributed by atoms with Crippen molar-refractivity contribution in [3.8, 4) is 0 Å². The van der Waals surface area contributed by atoms with Crippen molar-refractivity contribution in [3.05, 3.63) is 12.7 Å². The molecule has 0 bridgehead atoms. The second kappa shape index (κ2) is 3.64. The Balaban J connectivity index is 2.07. The maximum Gasteiger partial charge on any atom is -0.0323 e. The molecule has 70 valence electrons. The van der Waals surface area contributed by atoms with E-state index in [1.165, 1.54) is 25.7 Å². The van der Waals surface area contributed by atoms with Gasteiger partial charge in [-0.25, -0.2) is 0 Å². The third-order valence-electron chi connectivity index (χ3n) is 3.29. The van der Waals surface area contributed by atoms with Gasteiger partial charge in [0.25, 0.3) is 0 Å². The predicted octanol–water partition coefficient (Wildman–Crippen LogP) is 4.02. The van der Waals surface area contributed by atoms with Crippen LogP contribution in [0.25, 0.3) is 0 Å². The lowest BCUT2D eigenvalue weighted by Crippen LogP contribution is -1.96. The quantitative estimate of drug-likeness (QED) is 0.541. The van der Waals surface area contributed by atoms with Gasteiger partial charge in [0.05, 0.1) is 0 Å². The van der Waals surface area contributed by atoms with Gasteiger partial charge in [0.1, 0.15) is 0 Å². The molecule has 0 N–H and O–H groups in total. The summed E-state index contributed by atoms with van der Waals surface area (Å²) in [6, 6.07) is 0. The predicted molar refractivity (Wildman–Crippen MR) is 55.1 cm³/mol. The average Bonchev–Trinajstić information content (AvgIpc) is 2.56. The molecule has 0 aromatic rings. The van der Waals surface area contributed by atoms with Crippen LogP contribution in [0.4, 0.5) is 0 Å². The average molecular weight is 166 g/mol. The largest absolute Gasteiger partial charge is 0.103 e. The van der Waals surface area contributed by atoms with Gasteiger partial charge >= 0.3 is 0 Å². The van der Waals surface area contributed by atoms with Gasteiger partial charge in [-0.05, 0) is 36.5 Å². The van der Waals surface area contributed by atoms with Crippen molar-refractivity contribution in [2.75, 3.05) is 0 Å². The molecule has 1 unspecified atom stereocenters. The summed E-state index contributed by atoms with van der Waals surface area (Å²) >= 11 is 0. The normalized spacial score (nSPS) is 28.1. The molecule has 1 aliphatic carbocycles. The summed E-state index contributed by atoms with van der Waals surface area (Å²) in [6.45, 7) is 10.9.